The zero-order valence-corrected chi connectivity index (χ0v) is 13.4. The van der Waals surface area contributed by atoms with Crippen LogP contribution in [0.4, 0.5) is 5.69 Å². The maximum atomic E-state index is 11.9. The fourth-order valence-electron chi connectivity index (χ4n) is 1.80. The zero-order chi connectivity index (χ0) is 17.2. The SMILES string of the molecule is COCCOCCC(=O)Nc1cc(C(=O)O)cc(OC)c1OC. The van der Waals surface area contributed by atoms with Crippen LogP contribution < -0.4 is 14.8 Å². The Balaban J connectivity index is 2.79. The highest BCUT2D eigenvalue weighted by Gasteiger charge is 2.17. The van der Waals surface area contributed by atoms with Crippen molar-refractivity contribution in [1.29, 1.82) is 0 Å². The number of rotatable bonds is 10. The van der Waals surface area contributed by atoms with E-state index in [0.717, 1.165) is 0 Å². The van der Waals surface area contributed by atoms with E-state index in [2.05, 4.69) is 5.32 Å². The second kappa shape index (κ2) is 9.65. The fourth-order valence-corrected chi connectivity index (χ4v) is 1.80. The van der Waals surface area contributed by atoms with Gasteiger partial charge in [-0.15, -0.1) is 0 Å². The summed E-state index contributed by atoms with van der Waals surface area (Å²) < 4.78 is 20.3. The molecule has 128 valence electrons. The van der Waals surface area contributed by atoms with Gasteiger partial charge in [0.1, 0.15) is 0 Å². The molecule has 1 rings (SSSR count). The average Bonchev–Trinajstić information content (AvgIpc) is 2.53. The number of aromatic carboxylic acids is 1. The molecule has 0 spiro atoms. The molecular weight excluding hydrogens is 306 g/mol. The molecule has 0 aliphatic heterocycles. The second-order valence-electron chi connectivity index (χ2n) is 4.47. The Hall–Kier alpha value is -2.32. The van der Waals surface area contributed by atoms with Crippen molar-refractivity contribution in [3.8, 4) is 11.5 Å². The van der Waals surface area contributed by atoms with Crippen molar-refractivity contribution in [2.45, 2.75) is 6.42 Å². The summed E-state index contributed by atoms with van der Waals surface area (Å²) in [7, 11) is 4.35. The molecule has 0 saturated carbocycles. The molecule has 1 aromatic carbocycles. The highest BCUT2D eigenvalue weighted by molar-refractivity contribution is 5.96. The summed E-state index contributed by atoms with van der Waals surface area (Å²) in [6.07, 6.45) is 0.118. The predicted octanol–water partition coefficient (Wildman–Crippen LogP) is 1.39. The van der Waals surface area contributed by atoms with Gasteiger partial charge in [-0.05, 0) is 12.1 Å². The minimum Gasteiger partial charge on any atom is -0.493 e. The summed E-state index contributed by atoms with van der Waals surface area (Å²) >= 11 is 0. The first-order valence-electron chi connectivity index (χ1n) is 6.89. The van der Waals surface area contributed by atoms with Crippen LogP contribution in [0.2, 0.25) is 0 Å². The zero-order valence-electron chi connectivity index (χ0n) is 13.4. The van der Waals surface area contributed by atoms with Gasteiger partial charge in [0.15, 0.2) is 11.5 Å². The first kappa shape index (κ1) is 18.7. The Bertz CT molecular complexity index is 545. The third kappa shape index (κ3) is 5.76. The van der Waals surface area contributed by atoms with Crippen molar-refractivity contribution >= 4 is 17.6 Å². The van der Waals surface area contributed by atoms with Crippen LogP contribution in [0.5, 0.6) is 11.5 Å². The minimum absolute atomic E-state index is 0.0192. The van der Waals surface area contributed by atoms with E-state index in [1.807, 2.05) is 0 Å². The van der Waals surface area contributed by atoms with Crippen LogP contribution in [0.25, 0.3) is 0 Å². The Labute approximate surface area is 134 Å². The number of carbonyl (C=O) groups excluding carboxylic acids is 1. The van der Waals surface area contributed by atoms with Gasteiger partial charge in [-0.3, -0.25) is 4.79 Å². The molecule has 0 aromatic heterocycles. The summed E-state index contributed by atoms with van der Waals surface area (Å²) in [6, 6.07) is 2.64. The van der Waals surface area contributed by atoms with Crippen molar-refractivity contribution < 1.29 is 33.6 Å². The second-order valence-corrected chi connectivity index (χ2v) is 4.47. The van der Waals surface area contributed by atoms with Crippen molar-refractivity contribution in [3.05, 3.63) is 17.7 Å². The van der Waals surface area contributed by atoms with E-state index in [1.54, 1.807) is 7.11 Å². The first-order valence-corrected chi connectivity index (χ1v) is 6.89. The van der Waals surface area contributed by atoms with E-state index >= 15 is 0 Å². The molecule has 0 bridgehead atoms. The van der Waals surface area contributed by atoms with Crippen LogP contribution in [-0.2, 0) is 14.3 Å². The lowest BCUT2D eigenvalue weighted by molar-refractivity contribution is -0.117. The third-order valence-corrected chi connectivity index (χ3v) is 2.91. The summed E-state index contributed by atoms with van der Waals surface area (Å²) in [5, 5.41) is 11.7. The molecular formula is C15H21NO7. The van der Waals surface area contributed by atoms with Gasteiger partial charge in [0.05, 0.1) is 51.7 Å². The molecule has 0 heterocycles. The van der Waals surface area contributed by atoms with Gasteiger partial charge in [-0.1, -0.05) is 0 Å². The number of benzene rings is 1. The summed E-state index contributed by atoms with van der Waals surface area (Å²) in [5.74, 6) is -0.986. The lowest BCUT2D eigenvalue weighted by Crippen LogP contribution is -2.16. The number of anilines is 1. The van der Waals surface area contributed by atoms with Crippen LogP contribution >= 0.6 is 0 Å². The van der Waals surface area contributed by atoms with E-state index in [4.69, 9.17) is 24.1 Å². The van der Waals surface area contributed by atoms with Gasteiger partial charge < -0.3 is 29.4 Å². The monoisotopic (exact) mass is 327 g/mol. The lowest BCUT2D eigenvalue weighted by Gasteiger charge is -2.14. The van der Waals surface area contributed by atoms with Crippen molar-refractivity contribution in [2.24, 2.45) is 0 Å². The van der Waals surface area contributed by atoms with Crippen molar-refractivity contribution in [3.63, 3.8) is 0 Å². The number of ether oxygens (including phenoxy) is 4. The van der Waals surface area contributed by atoms with Crippen LogP contribution in [-0.4, -0.2) is 58.1 Å². The van der Waals surface area contributed by atoms with Gasteiger partial charge in [-0.2, -0.15) is 0 Å². The van der Waals surface area contributed by atoms with E-state index in [1.165, 1.54) is 26.4 Å². The normalized spacial score (nSPS) is 10.2. The molecule has 2 N–H and O–H groups in total. The largest absolute Gasteiger partial charge is 0.493 e. The van der Waals surface area contributed by atoms with Gasteiger partial charge in [0.25, 0.3) is 0 Å². The highest BCUT2D eigenvalue weighted by atomic mass is 16.5. The maximum absolute atomic E-state index is 11.9. The van der Waals surface area contributed by atoms with E-state index < -0.39 is 5.97 Å². The van der Waals surface area contributed by atoms with E-state index in [-0.39, 0.29) is 41.7 Å². The molecule has 1 aromatic rings. The third-order valence-electron chi connectivity index (χ3n) is 2.91. The Morgan fingerprint density at radius 2 is 1.83 bits per heavy atom. The number of carboxylic acids is 1. The Morgan fingerprint density at radius 3 is 2.39 bits per heavy atom. The molecule has 0 fully saturated rings. The van der Waals surface area contributed by atoms with E-state index in [9.17, 15) is 9.59 Å². The summed E-state index contributed by atoms with van der Waals surface area (Å²) in [5.41, 5.74) is 0.209. The van der Waals surface area contributed by atoms with Gasteiger partial charge in [0.2, 0.25) is 5.91 Å². The fraction of sp³-hybridized carbons (Fsp3) is 0.467. The van der Waals surface area contributed by atoms with Crippen LogP contribution in [0.3, 0.4) is 0 Å². The summed E-state index contributed by atoms with van der Waals surface area (Å²) in [6.45, 7) is 1.08. The van der Waals surface area contributed by atoms with Crippen LogP contribution in [0, 0.1) is 0 Å². The van der Waals surface area contributed by atoms with E-state index in [0.29, 0.717) is 13.2 Å². The highest BCUT2D eigenvalue weighted by Crippen LogP contribution is 2.36. The number of amides is 1. The number of hydrogen-bond donors (Lipinski definition) is 2. The number of carboxylic acid groups (broad SMARTS) is 1. The molecule has 0 aliphatic carbocycles. The van der Waals surface area contributed by atoms with Crippen molar-refractivity contribution in [1.82, 2.24) is 0 Å². The minimum atomic E-state index is -1.13. The van der Waals surface area contributed by atoms with Crippen LogP contribution in [0.1, 0.15) is 16.8 Å². The predicted molar refractivity (Wildman–Crippen MR) is 82.4 cm³/mol. The van der Waals surface area contributed by atoms with Gasteiger partial charge in [-0.25, -0.2) is 4.79 Å². The number of methoxy groups -OCH3 is 3. The Morgan fingerprint density at radius 1 is 1.09 bits per heavy atom. The van der Waals surface area contributed by atoms with Gasteiger partial charge >= 0.3 is 5.97 Å². The lowest BCUT2D eigenvalue weighted by atomic mass is 10.1. The number of hydrogen-bond acceptors (Lipinski definition) is 6. The molecule has 0 aliphatic rings. The smallest absolute Gasteiger partial charge is 0.335 e. The first-order chi connectivity index (χ1) is 11.0. The Kier molecular flexibility index (Phi) is 7.86. The quantitative estimate of drug-likeness (QED) is 0.626. The molecule has 1 amide bonds. The average molecular weight is 327 g/mol. The molecule has 0 atom stereocenters. The molecule has 0 unspecified atom stereocenters. The van der Waals surface area contributed by atoms with Gasteiger partial charge in [0, 0.05) is 7.11 Å². The molecule has 8 nitrogen and oxygen atoms in total. The summed E-state index contributed by atoms with van der Waals surface area (Å²) in [4.78, 5) is 23.1. The molecule has 23 heavy (non-hydrogen) atoms. The van der Waals surface area contributed by atoms with Crippen molar-refractivity contribution in [2.75, 3.05) is 46.5 Å². The van der Waals surface area contributed by atoms with Crippen LogP contribution in [0.15, 0.2) is 12.1 Å². The standard InChI is InChI=1S/C15H21NO7/c1-20-6-7-23-5-4-13(17)16-11-8-10(15(18)19)9-12(21-2)14(11)22-3/h8-9H,4-7H2,1-3H3,(H,16,17)(H,18,19). The molecule has 0 saturated heterocycles. The number of carbonyl (C=O) groups is 2. The molecule has 8 heteroatoms. The molecule has 0 radical (unpaired) electrons. The topological polar surface area (TPSA) is 103 Å². The number of nitrogens with one attached hydrogen (secondary N) is 1. The maximum Gasteiger partial charge on any atom is 0.335 e.